The van der Waals surface area contributed by atoms with E-state index in [4.69, 9.17) is 5.26 Å². The highest BCUT2D eigenvalue weighted by molar-refractivity contribution is 8.02. The SMILES string of the molecule is COC(=O)/C(C#N)=C/Sc1ccc([N+](=O)[O-])cn1. The molecule has 0 fully saturated rings. The Bertz CT molecular complexity index is 533. The van der Waals surface area contributed by atoms with Gasteiger partial charge in [0.1, 0.15) is 22.9 Å². The summed E-state index contributed by atoms with van der Waals surface area (Å²) in [6.45, 7) is 0. The first-order valence-electron chi connectivity index (χ1n) is 4.54. The Morgan fingerprint density at radius 1 is 1.67 bits per heavy atom. The van der Waals surface area contributed by atoms with E-state index in [-0.39, 0.29) is 11.3 Å². The van der Waals surface area contributed by atoms with Crippen LogP contribution in [-0.2, 0) is 9.53 Å². The summed E-state index contributed by atoms with van der Waals surface area (Å²) in [5, 5.41) is 20.8. The fourth-order valence-electron chi connectivity index (χ4n) is 0.900. The molecule has 1 rings (SSSR count). The summed E-state index contributed by atoms with van der Waals surface area (Å²) < 4.78 is 4.39. The minimum Gasteiger partial charge on any atom is -0.465 e. The average molecular weight is 265 g/mol. The van der Waals surface area contributed by atoms with E-state index in [1.165, 1.54) is 24.7 Å². The number of carbonyl (C=O) groups excluding carboxylic acids is 1. The first kappa shape index (κ1) is 13.7. The van der Waals surface area contributed by atoms with Crippen molar-refractivity contribution in [3.8, 4) is 6.07 Å². The van der Waals surface area contributed by atoms with E-state index >= 15 is 0 Å². The lowest BCUT2D eigenvalue weighted by Crippen LogP contribution is -2.02. The van der Waals surface area contributed by atoms with Gasteiger partial charge in [0.05, 0.1) is 12.0 Å². The van der Waals surface area contributed by atoms with Gasteiger partial charge in [-0.25, -0.2) is 9.78 Å². The summed E-state index contributed by atoms with van der Waals surface area (Å²) in [5.41, 5.74) is -0.292. The second kappa shape index (κ2) is 6.36. The molecule has 1 heterocycles. The van der Waals surface area contributed by atoms with Crippen molar-refractivity contribution in [1.29, 1.82) is 5.26 Å². The molecule has 0 saturated heterocycles. The molecule has 92 valence electrons. The minimum absolute atomic E-state index is 0.128. The number of hydrogen-bond acceptors (Lipinski definition) is 7. The lowest BCUT2D eigenvalue weighted by Gasteiger charge is -1.97. The van der Waals surface area contributed by atoms with Crippen LogP contribution in [-0.4, -0.2) is 23.0 Å². The van der Waals surface area contributed by atoms with E-state index in [9.17, 15) is 14.9 Å². The molecule has 0 amide bonds. The number of methoxy groups -OCH3 is 1. The monoisotopic (exact) mass is 265 g/mol. The highest BCUT2D eigenvalue weighted by Gasteiger charge is 2.09. The summed E-state index contributed by atoms with van der Waals surface area (Å²) in [6.07, 6.45) is 1.10. The summed E-state index contributed by atoms with van der Waals surface area (Å²) in [4.78, 5) is 24.7. The Kier molecular flexibility index (Phi) is 4.83. The van der Waals surface area contributed by atoms with Crippen molar-refractivity contribution in [3.05, 3.63) is 39.4 Å². The van der Waals surface area contributed by atoms with Crippen LogP contribution in [0.4, 0.5) is 5.69 Å². The third-order valence-corrected chi connectivity index (χ3v) is 2.59. The van der Waals surface area contributed by atoms with Crippen LogP contribution in [0.1, 0.15) is 0 Å². The van der Waals surface area contributed by atoms with Gasteiger partial charge >= 0.3 is 5.97 Å². The van der Waals surface area contributed by atoms with Crippen LogP contribution in [0.5, 0.6) is 0 Å². The Morgan fingerprint density at radius 3 is 2.83 bits per heavy atom. The van der Waals surface area contributed by atoms with Crippen LogP contribution >= 0.6 is 11.8 Å². The van der Waals surface area contributed by atoms with Gasteiger partial charge in [-0.05, 0) is 6.07 Å². The van der Waals surface area contributed by atoms with Crippen molar-refractivity contribution in [2.24, 2.45) is 0 Å². The van der Waals surface area contributed by atoms with E-state index < -0.39 is 10.9 Å². The fraction of sp³-hybridized carbons (Fsp3) is 0.100. The van der Waals surface area contributed by atoms with Gasteiger partial charge in [0, 0.05) is 11.5 Å². The Hall–Kier alpha value is -2.40. The highest BCUT2D eigenvalue weighted by Crippen LogP contribution is 2.20. The summed E-state index contributed by atoms with van der Waals surface area (Å²) >= 11 is 0.998. The molecule has 18 heavy (non-hydrogen) atoms. The second-order valence-corrected chi connectivity index (χ2v) is 3.75. The second-order valence-electron chi connectivity index (χ2n) is 2.86. The standard InChI is InChI=1S/C10H7N3O4S/c1-17-10(14)7(4-11)6-18-9-3-2-8(5-12-9)13(15)16/h2-3,5-6H,1H3/b7-6+. The molecular formula is C10H7N3O4S. The smallest absolute Gasteiger partial charge is 0.349 e. The van der Waals surface area contributed by atoms with Crippen LogP contribution in [0, 0.1) is 21.4 Å². The number of nitrogens with zero attached hydrogens (tertiary/aromatic N) is 3. The molecule has 1 aromatic heterocycles. The van der Waals surface area contributed by atoms with Gasteiger partial charge in [0.2, 0.25) is 0 Å². The molecular weight excluding hydrogens is 258 g/mol. The molecule has 0 N–H and O–H groups in total. The van der Waals surface area contributed by atoms with Crippen molar-refractivity contribution < 1.29 is 14.5 Å². The lowest BCUT2D eigenvalue weighted by molar-refractivity contribution is -0.385. The molecule has 0 spiro atoms. The van der Waals surface area contributed by atoms with E-state index in [1.807, 2.05) is 0 Å². The Labute approximate surface area is 106 Å². The summed E-state index contributed by atoms with van der Waals surface area (Å²) in [7, 11) is 1.17. The molecule has 0 aromatic carbocycles. The first-order chi connectivity index (χ1) is 8.58. The first-order valence-corrected chi connectivity index (χ1v) is 5.42. The number of aromatic nitrogens is 1. The lowest BCUT2D eigenvalue weighted by atomic mass is 10.3. The maximum atomic E-state index is 11.1. The zero-order valence-corrected chi connectivity index (χ0v) is 10.0. The summed E-state index contributed by atoms with van der Waals surface area (Å²) in [5.74, 6) is -0.744. The van der Waals surface area contributed by atoms with Crippen LogP contribution < -0.4 is 0 Å². The molecule has 1 aromatic rings. The molecule has 0 atom stereocenters. The van der Waals surface area contributed by atoms with Crippen molar-refractivity contribution >= 4 is 23.4 Å². The van der Waals surface area contributed by atoms with Crippen LogP contribution in [0.3, 0.4) is 0 Å². The van der Waals surface area contributed by atoms with Gasteiger partial charge in [-0.1, -0.05) is 11.8 Å². The van der Waals surface area contributed by atoms with Crippen LogP contribution in [0.15, 0.2) is 34.3 Å². The number of pyridine rings is 1. The molecule has 0 aliphatic rings. The zero-order valence-electron chi connectivity index (χ0n) is 9.19. The predicted molar refractivity (Wildman–Crippen MR) is 62.5 cm³/mol. The number of hydrogen-bond donors (Lipinski definition) is 0. The molecule has 0 saturated carbocycles. The van der Waals surface area contributed by atoms with Crippen LogP contribution in [0.25, 0.3) is 0 Å². The van der Waals surface area contributed by atoms with E-state index in [1.54, 1.807) is 6.07 Å². The van der Waals surface area contributed by atoms with E-state index in [0.717, 1.165) is 18.0 Å². The van der Waals surface area contributed by atoms with Gasteiger partial charge in [-0.2, -0.15) is 5.26 Å². The van der Waals surface area contributed by atoms with Crippen LogP contribution in [0.2, 0.25) is 0 Å². The molecule has 0 aliphatic heterocycles. The number of nitro groups is 1. The van der Waals surface area contributed by atoms with Crippen molar-refractivity contribution in [2.75, 3.05) is 7.11 Å². The normalized spacial score (nSPS) is 10.6. The maximum Gasteiger partial charge on any atom is 0.349 e. The number of esters is 1. The van der Waals surface area contributed by atoms with Gasteiger partial charge in [0.25, 0.3) is 5.69 Å². The van der Waals surface area contributed by atoms with Gasteiger partial charge in [-0.3, -0.25) is 10.1 Å². The number of rotatable bonds is 4. The van der Waals surface area contributed by atoms with E-state index in [0.29, 0.717) is 5.03 Å². The maximum absolute atomic E-state index is 11.1. The third-order valence-electron chi connectivity index (χ3n) is 1.75. The number of ether oxygens (including phenoxy) is 1. The van der Waals surface area contributed by atoms with Gasteiger partial charge in [-0.15, -0.1) is 0 Å². The highest BCUT2D eigenvalue weighted by atomic mass is 32.2. The third kappa shape index (κ3) is 3.57. The zero-order chi connectivity index (χ0) is 13.5. The number of carbonyl (C=O) groups is 1. The minimum atomic E-state index is -0.744. The molecule has 8 heteroatoms. The average Bonchev–Trinajstić information content (AvgIpc) is 2.39. The molecule has 7 nitrogen and oxygen atoms in total. The molecule has 0 radical (unpaired) electrons. The van der Waals surface area contributed by atoms with E-state index in [2.05, 4.69) is 9.72 Å². The van der Waals surface area contributed by atoms with Crippen molar-refractivity contribution in [2.45, 2.75) is 5.03 Å². The largest absolute Gasteiger partial charge is 0.465 e. The number of nitriles is 1. The quantitative estimate of drug-likeness (QED) is 0.203. The topological polar surface area (TPSA) is 106 Å². The predicted octanol–water partition coefficient (Wildman–Crippen LogP) is 1.66. The Balaban J connectivity index is 2.80. The van der Waals surface area contributed by atoms with Gasteiger partial charge in [0.15, 0.2) is 0 Å². The van der Waals surface area contributed by atoms with Crippen molar-refractivity contribution in [1.82, 2.24) is 4.98 Å². The fourth-order valence-corrected chi connectivity index (χ4v) is 1.55. The summed E-state index contributed by atoms with van der Waals surface area (Å²) in [6, 6.07) is 4.39. The molecule has 0 bridgehead atoms. The molecule has 0 aliphatic carbocycles. The Morgan fingerprint density at radius 2 is 2.39 bits per heavy atom. The molecule has 0 unspecified atom stereocenters. The van der Waals surface area contributed by atoms with Crippen molar-refractivity contribution in [3.63, 3.8) is 0 Å². The number of thioether (sulfide) groups is 1. The van der Waals surface area contributed by atoms with Gasteiger partial charge < -0.3 is 4.74 Å².